The summed E-state index contributed by atoms with van der Waals surface area (Å²) in [5.41, 5.74) is 1.03. The van der Waals surface area contributed by atoms with Gasteiger partial charge in [-0.25, -0.2) is 0 Å². The maximum absolute atomic E-state index is 12.6. The number of thiophene rings is 1. The monoisotopic (exact) mass is 414 g/mol. The van der Waals surface area contributed by atoms with Gasteiger partial charge in [-0.05, 0) is 48.9 Å². The van der Waals surface area contributed by atoms with Gasteiger partial charge in [0.05, 0.1) is 17.2 Å². The Hall–Kier alpha value is -2.32. The van der Waals surface area contributed by atoms with Gasteiger partial charge in [-0.3, -0.25) is 9.36 Å². The zero-order chi connectivity index (χ0) is 19.5. The minimum absolute atomic E-state index is 0.0103. The van der Waals surface area contributed by atoms with E-state index in [4.69, 9.17) is 4.74 Å². The summed E-state index contributed by atoms with van der Waals surface area (Å²) in [7, 11) is 1.64. The molecule has 1 atom stereocenters. The molecule has 28 heavy (non-hydrogen) atoms. The first-order valence-electron chi connectivity index (χ1n) is 9.22. The molecule has 0 unspecified atom stereocenters. The van der Waals surface area contributed by atoms with E-state index >= 15 is 0 Å². The van der Waals surface area contributed by atoms with Crippen molar-refractivity contribution in [2.45, 2.75) is 42.8 Å². The van der Waals surface area contributed by atoms with Crippen LogP contribution in [0.25, 0.3) is 10.7 Å². The predicted molar refractivity (Wildman–Crippen MR) is 112 cm³/mol. The number of carbonyl (C=O) groups is 1. The second-order valence-electron chi connectivity index (χ2n) is 6.71. The fourth-order valence-electron chi connectivity index (χ4n) is 2.88. The number of nitrogens with zero attached hydrogens (tertiary/aromatic N) is 3. The number of hydrogen-bond acceptors (Lipinski definition) is 6. The van der Waals surface area contributed by atoms with Crippen LogP contribution in [0.15, 0.2) is 46.9 Å². The van der Waals surface area contributed by atoms with Gasteiger partial charge in [0, 0.05) is 12.6 Å². The van der Waals surface area contributed by atoms with Crippen molar-refractivity contribution in [2.75, 3.05) is 7.11 Å². The molecule has 2 aromatic heterocycles. The van der Waals surface area contributed by atoms with Crippen molar-refractivity contribution >= 4 is 29.0 Å². The second-order valence-corrected chi connectivity index (χ2v) is 8.97. The molecule has 4 rings (SSSR count). The zero-order valence-electron chi connectivity index (χ0n) is 15.8. The Morgan fingerprint density at radius 1 is 1.32 bits per heavy atom. The van der Waals surface area contributed by atoms with Crippen molar-refractivity contribution in [3.8, 4) is 16.5 Å². The molecule has 1 fully saturated rings. The van der Waals surface area contributed by atoms with Crippen LogP contribution in [-0.4, -0.2) is 33.0 Å². The molecule has 146 valence electrons. The highest BCUT2D eigenvalue weighted by atomic mass is 32.2. The van der Waals surface area contributed by atoms with Crippen LogP contribution >= 0.6 is 23.1 Å². The molecule has 3 aromatic rings. The molecule has 0 aliphatic heterocycles. The molecule has 8 heteroatoms. The van der Waals surface area contributed by atoms with E-state index in [2.05, 4.69) is 26.1 Å². The summed E-state index contributed by atoms with van der Waals surface area (Å²) < 4.78 is 7.36. The Morgan fingerprint density at radius 3 is 2.75 bits per heavy atom. The van der Waals surface area contributed by atoms with E-state index in [1.807, 2.05) is 42.6 Å². The Bertz CT molecular complexity index is 934. The molecule has 2 heterocycles. The highest BCUT2D eigenvalue weighted by molar-refractivity contribution is 8.00. The van der Waals surface area contributed by atoms with Crippen molar-refractivity contribution in [2.24, 2.45) is 0 Å². The summed E-state index contributed by atoms with van der Waals surface area (Å²) in [5.74, 6) is 1.70. The van der Waals surface area contributed by atoms with Crippen LogP contribution < -0.4 is 10.1 Å². The molecule has 0 saturated heterocycles. The number of rotatable bonds is 8. The number of ether oxygens (including phenoxy) is 1. The zero-order valence-corrected chi connectivity index (χ0v) is 17.4. The van der Waals surface area contributed by atoms with Crippen molar-refractivity contribution in [1.82, 2.24) is 20.1 Å². The van der Waals surface area contributed by atoms with Crippen LogP contribution in [0.2, 0.25) is 0 Å². The molecule has 1 saturated carbocycles. The van der Waals surface area contributed by atoms with Crippen LogP contribution in [0.5, 0.6) is 5.75 Å². The van der Waals surface area contributed by atoms with Crippen LogP contribution in [-0.2, 0) is 11.3 Å². The molecular formula is C20H22N4O2S2. The van der Waals surface area contributed by atoms with Crippen molar-refractivity contribution in [3.63, 3.8) is 0 Å². The lowest BCUT2D eigenvalue weighted by Crippen LogP contribution is -2.30. The standard InChI is InChI=1S/C20H22N4O2S2/c1-13(19(25)21-12-14-5-9-16(26-2)10-6-14)28-20-23-22-18(17-4-3-11-27-17)24(20)15-7-8-15/h3-6,9-11,13,15H,7-8,12H2,1-2H3,(H,21,25)/t13-/m1/s1. The first-order valence-corrected chi connectivity index (χ1v) is 11.0. The van der Waals surface area contributed by atoms with E-state index in [0.717, 1.165) is 40.0 Å². The summed E-state index contributed by atoms with van der Waals surface area (Å²) in [6, 6.07) is 12.2. The number of nitrogens with one attached hydrogen (secondary N) is 1. The molecule has 0 radical (unpaired) electrons. The van der Waals surface area contributed by atoms with Gasteiger partial charge in [0.15, 0.2) is 11.0 Å². The lowest BCUT2D eigenvalue weighted by molar-refractivity contribution is -0.120. The molecule has 1 amide bonds. The average Bonchev–Trinajstić information content (AvgIpc) is 3.24. The Balaban J connectivity index is 1.40. The van der Waals surface area contributed by atoms with E-state index in [1.165, 1.54) is 11.8 Å². The molecule has 0 bridgehead atoms. The summed E-state index contributed by atoms with van der Waals surface area (Å²) in [6.07, 6.45) is 2.28. The lowest BCUT2D eigenvalue weighted by Gasteiger charge is -2.13. The van der Waals surface area contributed by atoms with Crippen molar-refractivity contribution in [3.05, 3.63) is 47.3 Å². The van der Waals surface area contributed by atoms with Crippen LogP contribution in [0.4, 0.5) is 0 Å². The Morgan fingerprint density at radius 2 is 2.11 bits per heavy atom. The number of benzene rings is 1. The van der Waals surface area contributed by atoms with Gasteiger partial charge < -0.3 is 10.1 Å². The second kappa shape index (κ2) is 8.36. The first kappa shape index (κ1) is 19.0. The first-order chi connectivity index (χ1) is 13.7. The quantitative estimate of drug-likeness (QED) is 0.561. The fourth-order valence-corrected chi connectivity index (χ4v) is 4.53. The minimum atomic E-state index is -0.254. The Labute approximate surface area is 172 Å². The van der Waals surface area contributed by atoms with Crippen LogP contribution in [0.3, 0.4) is 0 Å². The van der Waals surface area contributed by atoms with E-state index < -0.39 is 0 Å². The van der Waals surface area contributed by atoms with Gasteiger partial charge in [0.25, 0.3) is 0 Å². The molecule has 1 aromatic carbocycles. The largest absolute Gasteiger partial charge is 0.497 e. The Kier molecular flexibility index (Phi) is 5.68. The fraction of sp³-hybridized carbons (Fsp3) is 0.350. The molecule has 1 aliphatic carbocycles. The summed E-state index contributed by atoms with van der Waals surface area (Å²) in [4.78, 5) is 13.7. The number of methoxy groups -OCH3 is 1. The lowest BCUT2D eigenvalue weighted by atomic mass is 10.2. The van der Waals surface area contributed by atoms with E-state index in [-0.39, 0.29) is 11.2 Å². The third-order valence-electron chi connectivity index (χ3n) is 4.60. The predicted octanol–water partition coefficient (Wildman–Crippen LogP) is 4.15. The van der Waals surface area contributed by atoms with Crippen LogP contribution in [0.1, 0.15) is 31.4 Å². The van der Waals surface area contributed by atoms with Gasteiger partial charge >= 0.3 is 0 Å². The highest BCUT2D eigenvalue weighted by Crippen LogP contribution is 2.42. The molecular weight excluding hydrogens is 392 g/mol. The SMILES string of the molecule is COc1ccc(CNC(=O)[C@@H](C)Sc2nnc(-c3cccs3)n2C2CC2)cc1. The number of thioether (sulfide) groups is 1. The third-order valence-corrected chi connectivity index (χ3v) is 6.52. The summed E-state index contributed by atoms with van der Waals surface area (Å²) in [6.45, 7) is 2.40. The van der Waals surface area contributed by atoms with Gasteiger partial charge in [0.2, 0.25) is 5.91 Å². The number of aromatic nitrogens is 3. The number of hydrogen-bond donors (Lipinski definition) is 1. The smallest absolute Gasteiger partial charge is 0.233 e. The summed E-state index contributed by atoms with van der Waals surface area (Å²) in [5, 5.41) is 14.4. The minimum Gasteiger partial charge on any atom is -0.497 e. The van der Waals surface area contributed by atoms with Crippen molar-refractivity contribution in [1.29, 1.82) is 0 Å². The van der Waals surface area contributed by atoms with Gasteiger partial charge in [0.1, 0.15) is 5.75 Å². The topological polar surface area (TPSA) is 69.0 Å². The maximum atomic E-state index is 12.6. The van der Waals surface area contributed by atoms with E-state index in [1.54, 1.807) is 18.4 Å². The van der Waals surface area contributed by atoms with Crippen molar-refractivity contribution < 1.29 is 9.53 Å². The maximum Gasteiger partial charge on any atom is 0.233 e. The number of carbonyl (C=O) groups excluding carboxylic acids is 1. The van der Waals surface area contributed by atoms with E-state index in [9.17, 15) is 4.79 Å². The third kappa shape index (κ3) is 4.23. The van der Waals surface area contributed by atoms with Gasteiger partial charge in [-0.1, -0.05) is 30.0 Å². The number of amides is 1. The molecule has 1 aliphatic rings. The summed E-state index contributed by atoms with van der Waals surface area (Å²) >= 11 is 3.13. The molecule has 0 spiro atoms. The highest BCUT2D eigenvalue weighted by Gasteiger charge is 2.31. The molecule has 1 N–H and O–H groups in total. The van der Waals surface area contributed by atoms with Gasteiger partial charge in [-0.15, -0.1) is 21.5 Å². The van der Waals surface area contributed by atoms with E-state index in [0.29, 0.717) is 12.6 Å². The average molecular weight is 415 g/mol. The molecule has 6 nitrogen and oxygen atoms in total. The normalized spacial score (nSPS) is 14.6. The van der Waals surface area contributed by atoms with Crippen LogP contribution in [0, 0.1) is 0 Å². The van der Waals surface area contributed by atoms with Gasteiger partial charge in [-0.2, -0.15) is 0 Å².